The lowest BCUT2D eigenvalue weighted by Gasteiger charge is -2.09. The average molecular weight is 373 g/mol. The second kappa shape index (κ2) is 7.84. The first-order chi connectivity index (χ1) is 13.7. The minimum Gasteiger partial charge on any atom is -0.457 e. The number of carbonyl (C=O) groups excluding carboxylic acids is 1. The van der Waals surface area contributed by atoms with Crippen LogP contribution in [0.4, 0.5) is 4.39 Å². The molecule has 0 aliphatic rings. The third-order valence-electron chi connectivity index (χ3n) is 4.09. The Bertz CT molecular complexity index is 1130. The molecule has 2 aromatic heterocycles. The lowest BCUT2D eigenvalue weighted by molar-refractivity contribution is 0.0946. The van der Waals surface area contributed by atoms with E-state index in [0.29, 0.717) is 29.3 Å². The molecule has 4 aromatic rings. The largest absolute Gasteiger partial charge is 0.457 e. The number of aromatic nitrogens is 2. The van der Waals surface area contributed by atoms with Crippen LogP contribution in [0.5, 0.6) is 11.5 Å². The van der Waals surface area contributed by atoms with Crippen LogP contribution in [-0.4, -0.2) is 15.9 Å². The van der Waals surface area contributed by atoms with E-state index in [4.69, 9.17) is 4.74 Å². The summed E-state index contributed by atoms with van der Waals surface area (Å²) in [6.07, 6.45) is 1.69. The van der Waals surface area contributed by atoms with Crippen LogP contribution in [0.2, 0.25) is 0 Å². The number of nitrogens with one attached hydrogen (secondary N) is 1. The van der Waals surface area contributed by atoms with Crippen LogP contribution < -0.4 is 10.1 Å². The fourth-order valence-electron chi connectivity index (χ4n) is 2.71. The third-order valence-corrected chi connectivity index (χ3v) is 4.09. The van der Waals surface area contributed by atoms with Crippen LogP contribution in [0.3, 0.4) is 0 Å². The molecular formula is C22H16FN3O2. The van der Waals surface area contributed by atoms with Gasteiger partial charge < -0.3 is 10.1 Å². The average Bonchev–Trinajstić information content (AvgIpc) is 2.73. The van der Waals surface area contributed by atoms with Crippen LogP contribution in [0.25, 0.3) is 11.0 Å². The Morgan fingerprint density at radius 2 is 1.79 bits per heavy atom. The summed E-state index contributed by atoms with van der Waals surface area (Å²) in [6.45, 7) is 0.326. The maximum atomic E-state index is 13.0. The summed E-state index contributed by atoms with van der Waals surface area (Å²) in [5.74, 6) is 0.558. The highest BCUT2D eigenvalue weighted by molar-refractivity contribution is 5.94. The molecule has 0 radical (unpaired) electrons. The van der Waals surface area contributed by atoms with Crippen molar-refractivity contribution in [3.05, 3.63) is 96.1 Å². The molecule has 0 aliphatic carbocycles. The molecule has 1 N–H and O–H groups in total. The van der Waals surface area contributed by atoms with Crippen molar-refractivity contribution in [3.63, 3.8) is 0 Å². The van der Waals surface area contributed by atoms with Gasteiger partial charge in [0.15, 0.2) is 0 Å². The van der Waals surface area contributed by atoms with Crippen molar-refractivity contribution in [2.45, 2.75) is 6.54 Å². The number of rotatable bonds is 5. The second-order valence-corrected chi connectivity index (χ2v) is 6.12. The maximum absolute atomic E-state index is 13.0. The lowest BCUT2D eigenvalue weighted by Crippen LogP contribution is -2.23. The van der Waals surface area contributed by atoms with Gasteiger partial charge in [0.05, 0.1) is 11.0 Å². The molecule has 5 nitrogen and oxygen atoms in total. The first-order valence-electron chi connectivity index (χ1n) is 8.70. The van der Waals surface area contributed by atoms with E-state index in [9.17, 15) is 9.18 Å². The molecule has 2 aromatic carbocycles. The van der Waals surface area contributed by atoms with Crippen LogP contribution in [0, 0.1) is 5.82 Å². The van der Waals surface area contributed by atoms with Crippen LogP contribution in [0.1, 0.15) is 16.1 Å². The molecular weight excluding hydrogens is 357 g/mol. The number of hydrogen-bond donors (Lipinski definition) is 1. The molecule has 0 saturated heterocycles. The second-order valence-electron chi connectivity index (χ2n) is 6.12. The molecule has 0 saturated carbocycles. The molecule has 2 heterocycles. The summed E-state index contributed by atoms with van der Waals surface area (Å²) in [4.78, 5) is 20.9. The van der Waals surface area contributed by atoms with Crippen LogP contribution >= 0.6 is 0 Å². The third kappa shape index (κ3) is 4.12. The first-order valence-corrected chi connectivity index (χ1v) is 8.70. The van der Waals surface area contributed by atoms with Gasteiger partial charge in [-0.2, -0.15) is 0 Å². The van der Waals surface area contributed by atoms with Crippen molar-refractivity contribution >= 4 is 16.9 Å². The van der Waals surface area contributed by atoms with Crippen molar-refractivity contribution in [3.8, 4) is 11.5 Å². The molecule has 0 aliphatic heterocycles. The minimum atomic E-state index is -0.318. The number of amides is 1. The highest BCUT2D eigenvalue weighted by Gasteiger charge is 2.09. The number of benzene rings is 2. The molecule has 0 atom stereocenters. The van der Waals surface area contributed by atoms with Crippen molar-refractivity contribution < 1.29 is 13.9 Å². The number of carbonyl (C=O) groups is 1. The summed E-state index contributed by atoms with van der Waals surface area (Å²) in [5, 5.41) is 2.85. The Morgan fingerprint density at radius 3 is 2.64 bits per heavy atom. The van der Waals surface area contributed by atoms with Gasteiger partial charge in [-0.05, 0) is 66.2 Å². The number of ether oxygens (including phenoxy) is 1. The molecule has 0 fully saturated rings. The van der Waals surface area contributed by atoms with Gasteiger partial charge in [-0.1, -0.05) is 12.1 Å². The molecule has 0 unspecified atom stereocenters. The Balaban J connectivity index is 1.42. The topological polar surface area (TPSA) is 64.1 Å². The summed E-state index contributed by atoms with van der Waals surface area (Å²) in [6, 6.07) is 20.2. The van der Waals surface area contributed by atoms with Crippen LogP contribution in [0.15, 0.2) is 79.0 Å². The predicted octanol–water partition coefficient (Wildman–Crippen LogP) is 4.49. The predicted molar refractivity (Wildman–Crippen MR) is 104 cm³/mol. The molecule has 6 heteroatoms. The van der Waals surface area contributed by atoms with Gasteiger partial charge in [-0.3, -0.25) is 9.78 Å². The number of nitrogens with zero attached hydrogens (tertiary/aromatic N) is 2. The fraction of sp³-hybridized carbons (Fsp3) is 0.0455. The van der Waals surface area contributed by atoms with Crippen LogP contribution in [-0.2, 0) is 6.54 Å². The summed E-state index contributed by atoms with van der Waals surface area (Å²) < 4.78 is 18.7. The van der Waals surface area contributed by atoms with Gasteiger partial charge in [-0.25, -0.2) is 9.37 Å². The Morgan fingerprint density at radius 1 is 0.929 bits per heavy atom. The van der Waals surface area contributed by atoms with Gasteiger partial charge >= 0.3 is 0 Å². The molecule has 0 bridgehead atoms. The zero-order chi connectivity index (χ0) is 19.3. The summed E-state index contributed by atoms with van der Waals surface area (Å²) in [5.41, 5.74) is 2.61. The van der Waals surface area contributed by atoms with Gasteiger partial charge in [-0.15, -0.1) is 0 Å². The Kier molecular flexibility index (Phi) is 4.93. The van der Waals surface area contributed by atoms with Gasteiger partial charge in [0.1, 0.15) is 23.0 Å². The van der Waals surface area contributed by atoms with Crippen molar-refractivity contribution in [2.24, 2.45) is 0 Å². The number of hydrogen-bond acceptors (Lipinski definition) is 4. The lowest BCUT2D eigenvalue weighted by atomic mass is 10.2. The maximum Gasteiger partial charge on any atom is 0.270 e. The SMILES string of the molecule is O=C(NCc1cccc(Oc2ccc(F)cc2)c1)c1ccc2ncccc2n1. The minimum absolute atomic E-state index is 0.268. The van der Waals surface area contributed by atoms with E-state index in [0.717, 1.165) is 11.1 Å². The van der Waals surface area contributed by atoms with E-state index in [-0.39, 0.29) is 11.7 Å². The van der Waals surface area contributed by atoms with Crippen molar-refractivity contribution in [2.75, 3.05) is 0 Å². The highest BCUT2D eigenvalue weighted by Crippen LogP contribution is 2.22. The van der Waals surface area contributed by atoms with Gasteiger partial charge in [0, 0.05) is 12.7 Å². The van der Waals surface area contributed by atoms with E-state index in [2.05, 4.69) is 15.3 Å². The van der Waals surface area contributed by atoms with Gasteiger partial charge in [0.25, 0.3) is 5.91 Å². The van der Waals surface area contributed by atoms with E-state index >= 15 is 0 Å². The molecule has 28 heavy (non-hydrogen) atoms. The molecule has 0 spiro atoms. The standard InChI is InChI=1S/C22H16FN3O2/c23-16-6-8-17(9-7-16)28-18-4-1-3-15(13-18)14-25-22(27)21-11-10-19-20(26-21)5-2-12-24-19/h1-13H,14H2,(H,25,27). The summed E-state index contributed by atoms with van der Waals surface area (Å²) in [7, 11) is 0. The number of halogens is 1. The Hall–Kier alpha value is -3.80. The number of fused-ring (bicyclic) bond motifs is 1. The van der Waals surface area contributed by atoms with E-state index < -0.39 is 0 Å². The number of pyridine rings is 2. The van der Waals surface area contributed by atoms with E-state index in [1.54, 1.807) is 42.6 Å². The fourth-order valence-corrected chi connectivity index (χ4v) is 2.71. The molecule has 138 valence electrons. The highest BCUT2D eigenvalue weighted by atomic mass is 19.1. The zero-order valence-electron chi connectivity index (χ0n) is 14.8. The van der Waals surface area contributed by atoms with E-state index in [1.807, 2.05) is 24.3 Å². The normalized spacial score (nSPS) is 10.6. The molecule has 4 rings (SSSR count). The first kappa shape index (κ1) is 17.6. The monoisotopic (exact) mass is 373 g/mol. The zero-order valence-corrected chi connectivity index (χ0v) is 14.8. The van der Waals surface area contributed by atoms with Crippen molar-refractivity contribution in [1.29, 1.82) is 0 Å². The molecule has 1 amide bonds. The van der Waals surface area contributed by atoms with E-state index in [1.165, 1.54) is 12.1 Å². The van der Waals surface area contributed by atoms with Crippen molar-refractivity contribution in [1.82, 2.24) is 15.3 Å². The smallest absolute Gasteiger partial charge is 0.270 e. The summed E-state index contributed by atoms with van der Waals surface area (Å²) >= 11 is 0. The Labute approximate surface area is 160 Å². The van der Waals surface area contributed by atoms with Gasteiger partial charge in [0.2, 0.25) is 0 Å². The quantitative estimate of drug-likeness (QED) is 0.560.